The molecule has 0 radical (unpaired) electrons. The number of hydrogen-bond donors (Lipinski definition) is 1. The number of aryl methyl sites for hydroxylation is 3. The van der Waals surface area contributed by atoms with E-state index in [1.807, 2.05) is 39.0 Å². The van der Waals surface area contributed by atoms with Crippen molar-refractivity contribution in [2.45, 2.75) is 46.5 Å². The van der Waals surface area contributed by atoms with E-state index in [2.05, 4.69) is 16.0 Å². The molecule has 166 valence electrons. The van der Waals surface area contributed by atoms with E-state index in [1.54, 1.807) is 29.5 Å². The normalized spacial score (nSPS) is 13.2. The largest absolute Gasteiger partial charge is 0.321 e. The van der Waals surface area contributed by atoms with Gasteiger partial charge in [-0.25, -0.2) is 0 Å². The fraction of sp³-hybridized carbons (Fsp3) is 0.269. The van der Waals surface area contributed by atoms with E-state index in [0.29, 0.717) is 10.7 Å². The number of halogens is 1. The molecule has 33 heavy (non-hydrogen) atoms. The molecule has 0 aliphatic heterocycles. The van der Waals surface area contributed by atoms with Gasteiger partial charge in [0, 0.05) is 27.0 Å². The number of anilines is 1. The summed E-state index contributed by atoms with van der Waals surface area (Å²) in [7, 11) is 0. The summed E-state index contributed by atoms with van der Waals surface area (Å²) in [4.78, 5) is 14.1. The number of amides is 1. The number of aromatic nitrogens is 1. The van der Waals surface area contributed by atoms with Gasteiger partial charge < -0.3 is 9.88 Å². The van der Waals surface area contributed by atoms with Crippen molar-refractivity contribution in [2.24, 2.45) is 0 Å². The van der Waals surface area contributed by atoms with Crippen molar-refractivity contribution in [1.29, 1.82) is 10.5 Å². The first-order valence-electron chi connectivity index (χ1n) is 10.8. The summed E-state index contributed by atoms with van der Waals surface area (Å²) in [5, 5.41) is 23.7. The molecule has 2 aromatic heterocycles. The van der Waals surface area contributed by atoms with Crippen LogP contribution >= 0.6 is 22.9 Å². The molecule has 4 rings (SSSR count). The number of hydrogen-bond acceptors (Lipinski definition) is 4. The molecule has 0 spiro atoms. The van der Waals surface area contributed by atoms with Crippen molar-refractivity contribution in [3.05, 3.63) is 73.4 Å². The predicted octanol–water partition coefficient (Wildman–Crippen LogP) is 6.41. The van der Waals surface area contributed by atoms with Gasteiger partial charge in [0.1, 0.15) is 22.7 Å². The van der Waals surface area contributed by atoms with Crippen molar-refractivity contribution in [3.8, 4) is 17.1 Å². The highest BCUT2D eigenvalue weighted by molar-refractivity contribution is 7.15. The monoisotopic (exact) mass is 474 g/mol. The van der Waals surface area contributed by atoms with Crippen LogP contribution < -0.4 is 5.32 Å². The van der Waals surface area contributed by atoms with Gasteiger partial charge in [0.25, 0.3) is 5.91 Å². The van der Waals surface area contributed by atoms with E-state index < -0.39 is 5.91 Å². The Morgan fingerprint density at radius 3 is 2.64 bits per heavy atom. The molecular weight excluding hydrogens is 452 g/mol. The molecule has 1 aliphatic rings. The van der Waals surface area contributed by atoms with Crippen molar-refractivity contribution in [3.63, 3.8) is 0 Å². The van der Waals surface area contributed by atoms with Crippen LogP contribution in [0.2, 0.25) is 5.02 Å². The average molecular weight is 475 g/mol. The average Bonchev–Trinajstić information content (AvgIpc) is 3.29. The first kappa shape index (κ1) is 22.9. The molecule has 1 N–H and O–H groups in total. The van der Waals surface area contributed by atoms with Crippen LogP contribution in [0.5, 0.6) is 0 Å². The van der Waals surface area contributed by atoms with Crippen LogP contribution in [-0.2, 0) is 17.6 Å². The maximum Gasteiger partial charge on any atom is 0.266 e. The van der Waals surface area contributed by atoms with Crippen molar-refractivity contribution < 1.29 is 4.79 Å². The van der Waals surface area contributed by atoms with Crippen LogP contribution in [0.4, 0.5) is 5.69 Å². The zero-order valence-electron chi connectivity index (χ0n) is 18.8. The molecule has 7 heteroatoms. The van der Waals surface area contributed by atoms with Crippen LogP contribution in [0, 0.1) is 43.4 Å². The summed E-state index contributed by atoms with van der Waals surface area (Å²) in [5.41, 5.74) is 5.99. The molecule has 3 aromatic rings. The Morgan fingerprint density at radius 1 is 1.18 bits per heavy atom. The summed E-state index contributed by atoms with van der Waals surface area (Å²) < 4.78 is 2.07. The van der Waals surface area contributed by atoms with E-state index in [1.165, 1.54) is 10.4 Å². The quantitative estimate of drug-likeness (QED) is 0.350. The lowest BCUT2D eigenvalue weighted by molar-refractivity contribution is -0.112. The Hall–Kier alpha value is -3.32. The van der Waals surface area contributed by atoms with Crippen LogP contribution in [-0.4, -0.2) is 10.5 Å². The third-order valence-corrected chi connectivity index (χ3v) is 7.72. The highest BCUT2D eigenvalue weighted by Crippen LogP contribution is 2.38. The fourth-order valence-electron chi connectivity index (χ4n) is 4.24. The maximum absolute atomic E-state index is 12.8. The third-order valence-electron chi connectivity index (χ3n) is 6.03. The highest BCUT2D eigenvalue weighted by atomic mass is 35.5. The standard InChI is InChI=1S/C26H23ClN4OS/c1-15-8-9-20(12-23(15)27)30-25(32)19(13-28)11-18-10-16(2)31(17(18)3)26-22(14-29)21-6-4-5-7-24(21)33-26/h8-12H,4-7H2,1-3H3,(H,30,32). The van der Waals surface area contributed by atoms with Gasteiger partial charge in [0.2, 0.25) is 0 Å². The number of carbonyl (C=O) groups is 1. The lowest BCUT2D eigenvalue weighted by Gasteiger charge is -2.10. The van der Waals surface area contributed by atoms with Crippen molar-refractivity contribution in [1.82, 2.24) is 4.57 Å². The summed E-state index contributed by atoms with van der Waals surface area (Å²) in [6.07, 6.45) is 5.83. The second kappa shape index (κ2) is 9.27. The Labute approximate surface area is 202 Å². The van der Waals surface area contributed by atoms with Crippen LogP contribution in [0.15, 0.2) is 29.8 Å². The Balaban J connectivity index is 1.69. The number of nitrogens with zero attached hydrogens (tertiary/aromatic N) is 3. The van der Waals surface area contributed by atoms with Crippen LogP contribution in [0.3, 0.4) is 0 Å². The summed E-state index contributed by atoms with van der Waals surface area (Å²) in [5.74, 6) is -0.494. The fourth-order valence-corrected chi connectivity index (χ4v) is 5.87. The minimum Gasteiger partial charge on any atom is -0.321 e. The number of benzene rings is 1. The van der Waals surface area contributed by atoms with Crippen LogP contribution in [0.1, 0.15) is 51.4 Å². The Morgan fingerprint density at radius 2 is 1.94 bits per heavy atom. The van der Waals surface area contributed by atoms with E-state index in [4.69, 9.17) is 11.6 Å². The molecule has 0 unspecified atom stereocenters. The van der Waals surface area contributed by atoms with Crippen molar-refractivity contribution >= 4 is 40.6 Å². The summed E-state index contributed by atoms with van der Waals surface area (Å²) in [6.45, 7) is 5.81. The van der Waals surface area contributed by atoms with Crippen molar-refractivity contribution in [2.75, 3.05) is 5.32 Å². The lowest BCUT2D eigenvalue weighted by Crippen LogP contribution is -2.13. The molecule has 0 saturated carbocycles. The van der Waals surface area contributed by atoms with Crippen LogP contribution in [0.25, 0.3) is 11.1 Å². The molecule has 0 atom stereocenters. The number of fused-ring (bicyclic) bond motifs is 1. The van der Waals surface area contributed by atoms with Gasteiger partial charge in [0.05, 0.1) is 5.56 Å². The van der Waals surface area contributed by atoms with E-state index in [-0.39, 0.29) is 5.57 Å². The second-order valence-corrected chi connectivity index (χ2v) is 9.74. The first-order chi connectivity index (χ1) is 15.8. The number of carbonyl (C=O) groups excluding carboxylic acids is 1. The molecule has 0 saturated heterocycles. The molecule has 0 fully saturated rings. The molecule has 1 aromatic carbocycles. The zero-order chi connectivity index (χ0) is 23.7. The molecule has 1 aliphatic carbocycles. The Bertz CT molecular complexity index is 1380. The van der Waals surface area contributed by atoms with E-state index in [9.17, 15) is 15.3 Å². The maximum atomic E-state index is 12.8. The second-order valence-electron chi connectivity index (χ2n) is 8.25. The van der Waals surface area contributed by atoms with Gasteiger partial charge in [0.15, 0.2) is 0 Å². The molecule has 5 nitrogen and oxygen atoms in total. The van der Waals surface area contributed by atoms with E-state index in [0.717, 1.165) is 58.8 Å². The molecular formula is C26H23ClN4OS. The van der Waals surface area contributed by atoms with Gasteiger partial charge in [-0.1, -0.05) is 17.7 Å². The molecule has 1 amide bonds. The summed E-state index contributed by atoms with van der Waals surface area (Å²) in [6, 6.07) is 11.6. The summed E-state index contributed by atoms with van der Waals surface area (Å²) >= 11 is 7.83. The zero-order valence-corrected chi connectivity index (χ0v) is 20.3. The van der Waals surface area contributed by atoms with Gasteiger partial charge in [-0.15, -0.1) is 11.3 Å². The predicted molar refractivity (Wildman–Crippen MR) is 133 cm³/mol. The van der Waals surface area contributed by atoms with Gasteiger partial charge in [-0.05, 0) is 87.4 Å². The highest BCUT2D eigenvalue weighted by Gasteiger charge is 2.24. The lowest BCUT2D eigenvalue weighted by atomic mass is 9.96. The van der Waals surface area contributed by atoms with Gasteiger partial charge in [-0.2, -0.15) is 10.5 Å². The number of nitrogens with one attached hydrogen (secondary N) is 1. The Kier molecular flexibility index (Phi) is 6.42. The van der Waals surface area contributed by atoms with Gasteiger partial charge in [-0.3, -0.25) is 4.79 Å². The number of thiophene rings is 1. The molecule has 2 heterocycles. The number of rotatable bonds is 4. The minimum absolute atomic E-state index is 0.00192. The van der Waals surface area contributed by atoms with E-state index >= 15 is 0 Å². The minimum atomic E-state index is -0.494. The molecule has 0 bridgehead atoms. The van der Waals surface area contributed by atoms with Gasteiger partial charge >= 0.3 is 0 Å². The SMILES string of the molecule is Cc1ccc(NC(=O)C(C#N)=Cc2cc(C)n(-c3sc4c(c3C#N)CCCC4)c2C)cc1Cl. The first-order valence-corrected chi connectivity index (χ1v) is 12.0. The topological polar surface area (TPSA) is 81.6 Å². The number of nitriles is 2. The smallest absolute Gasteiger partial charge is 0.266 e. The third kappa shape index (κ3) is 4.33.